The minimum Gasteiger partial charge on any atom is -0.490 e. The summed E-state index contributed by atoms with van der Waals surface area (Å²) in [4.78, 5) is 21.9. The molecular weight excluding hydrogens is 260 g/mol. The van der Waals surface area contributed by atoms with E-state index in [-0.39, 0.29) is 34.8 Å². The molecule has 0 bridgehead atoms. The predicted octanol–water partition coefficient (Wildman–Crippen LogP) is 1.96. The van der Waals surface area contributed by atoms with Gasteiger partial charge in [-0.1, -0.05) is 0 Å². The van der Waals surface area contributed by atoms with E-state index in [4.69, 9.17) is 16.3 Å². The lowest BCUT2D eigenvalue weighted by molar-refractivity contribution is -0.385. The van der Waals surface area contributed by atoms with Crippen molar-refractivity contribution in [3.63, 3.8) is 0 Å². The smallest absolute Gasteiger partial charge is 0.310 e. The lowest BCUT2D eigenvalue weighted by Crippen LogP contribution is -2.33. The molecule has 6 nitrogen and oxygen atoms in total. The summed E-state index contributed by atoms with van der Waals surface area (Å²) in [7, 11) is 1.31. The van der Waals surface area contributed by atoms with Crippen LogP contribution in [0, 0.1) is 10.1 Å². The van der Waals surface area contributed by atoms with E-state index in [1.807, 2.05) is 0 Å². The van der Waals surface area contributed by atoms with Gasteiger partial charge in [0.1, 0.15) is 0 Å². The van der Waals surface area contributed by atoms with Gasteiger partial charge < -0.3 is 10.1 Å². The van der Waals surface area contributed by atoms with Gasteiger partial charge in [-0.05, 0) is 13.0 Å². The summed E-state index contributed by atoms with van der Waals surface area (Å²) >= 11 is 5.58. The summed E-state index contributed by atoms with van der Waals surface area (Å²) in [5, 5.41) is 13.3. The highest BCUT2D eigenvalue weighted by atomic mass is 35.5. The average molecular weight is 273 g/mol. The van der Waals surface area contributed by atoms with Crippen LogP contribution in [0.3, 0.4) is 0 Å². The first-order chi connectivity index (χ1) is 8.49. The van der Waals surface area contributed by atoms with Gasteiger partial charge in [-0.2, -0.15) is 0 Å². The molecule has 1 rings (SSSR count). The van der Waals surface area contributed by atoms with Gasteiger partial charge in [-0.15, -0.1) is 11.6 Å². The van der Waals surface area contributed by atoms with Gasteiger partial charge in [0.25, 0.3) is 5.91 Å². The van der Waals surface area contributed by atoms with Crippen LogP contribution in [0.2, 0.25) is 0 Å². The van der Waals surface area contributed by atoms with Crippen LogP contribution in [0.5, 0.6) is 5.75 Å². The van der Waals surface area contributed by atoms with Crippen molar-refractivity contribution in [2.45, 2.75) is 13.0 Å². The molecule has 0 heterocycles. The van der Waals surface area contributed by atoms with Crippen molar-refractivity contribution in [1.29, 1.82) is 0 Å². The second kappa shape index (κ2) is 6.20. The minimum atomic E-state index is -0.568. The summed E-state index contributed by atoms with van der Waals surface area (Å²) in [6.07, 6.45) is 0. The van der Waals surface area contributed by atoms with Gasteiger partial charge in [0.05, 0.1) is 12.0 Å². The van der Waals surface area contributed by atoms with Gasteiger partial charge in [0.2, 0.25) is 0 Å². The van der Waals surface area contributed by atoms with Gasteiger partial charge in [0, 0.05) is 29.6 Å². The second-order valence-corrected chi connectivity index (χ2v) is 3.98. The van der Waals surface area contributed by atoms with Crippen LogP contribution in [0.25, 0.3) is 0 Å². The highest BCUT2D eigenvalue weighted by Gasteiger charge is 2.17. The number of benzene rings is 1. The Morgan fingerprint density at radius 2 is 2.28 bits per heavy atom. The Bertz CT molecular complexity index is 464. The molecule has 1 aromatic carbocycles. The van der Waals surface area contributed by atoms with Crippen molar-refractivity contribution < 1.29 is 14.5 Å². The van der Waals surface area contributed by atoms with Gasteiger partial charge >= 0.3 is 5.69 Å². The molecule has 0 saturated heterocycles. The van der Waals surface area contributed by atoms with Crippen molar-refractivity contribution in [3.8, 4) is 5.75 Å². The Balaban J connectivity index is 2.98. The summed E-state index contributed by atoms with van der Waals surface area (Å²) in [5.41, 5.74) is 0.105. The van der Waals surface area contributed by atoms with Crippen LogP contribution in [0.1, 0.15) is 17.3 Å². The van der Waals surface area contributed by atoms with E-state index < -0.39 is 4.92 Å². The molecule has 18 heavy (non-hydrogen) atoms. The summed E-state index contributed by atoms with van der Waals surface area (Å²) in [6, 6.07) is 3.75. The van der Waals surface area contributed by atoms with Crippen LogP contribution < -0.4 is 10.1 Å². The quantitative estimate of drug-likeness (QED) is 0.505. The third kappa shape index (κ3) is 3.33. The Hall–Kier alpha value is -1.82. The zero-order valence-electron chi connectivity index (χ0n) is 9.97. The van der Waals surface area contributed by atoms with Crippen LogP contribution in [-0.4, -0.2) is 29.9 Å². The van der Waals surface area contributed by atoms with Crippen LogP contribution >= 0.6 is 11.6 Å². The van der Waals surface area contributed by atoms with Crippen molar-refractivity contribution in [2.75, 3.05) is 13.0 Å². The molecule has 0 aliphatic rings. The molecule has 1 atom stereocenters. The monoisotopic (exact) mass is 272 g/mol. The lowest BCUT2D eigenvalue weighted by atomic mass is 10.1. The zero-order chi connectivity index (χ0) is 13.7. The molecule has 0 radical (unpaired) electrons. The number of rotatable bonds is 5. The molecule has 1 amide bonds. The Kier molecular flexibility index (Phi) is 4.91. The topological polar surface area (TPSA) is 81.5 Å². The summed E-state index contributed by atoms with van der Waals surface area (Å²) in [6.45, 7) is 1.76. The largest absolute Gasteiger partial charge is 0.490 e. The number of hydrogen-bond acceptors (Lipinski definition) is 4. The fraction of sp³-hybridized carbons (Fsp3) is 0.364. The van der Waals surface area contributed by atoms with Crippen molar-refractivity contribution in [1.82, 2.24) is 5.32 Å². The fourth-order valence-electron chi connectivity index (χ4n) is 1.32. The maximum atomic E-state index is 11.8. The number of nitrogens with one attached hydrogen (secondary N) is 1. The summed E-state index contributed by atoms with van der Waals surface area (Å²) < 4.78 is 4.88. The molecule has 0 saturated carbocycles. The number of methoxy groups -OCH3 is 1. The Morgan fingerprint density at radius 1 is 1.61 bits per heavy atom. The van der Waals surface area contributed by atoms with E-state index in [0.717, 1.165) is 0 Å². The molecule has 1 unspecified atom stereocenters. The molecule has 7 heteroatoms. The number of alkyl halides is 1. The first kappa shape index (κ1) is 14.2. The zero-order valence-corrected chi connectivity index (χ0v) is 10.7. The number of nitrogens with zero attached hydrogens (tertiary/aromatic N) is 1. The molecule has 98 valence electrons. The maximum absolute atomic E-state index is 11.8. The van der Waals surface area contributed by atoms with Crippen molar-refractivity contribution in [2.24, 2.45) is 0 Å². The minimum absolute atomic E-state index is 0.0474. The van der Waals surface area contributed by atoms with E-state index in [1.165, 1.54) is 25.3 Å². The molecule has 0 fully saturated rings. The Morgan fingerprint density at radius 3 is 2.78 bits per heavy atom. The second-order valence-electron chi connectivity index (χ2n) is 3.67. The number of carbonyl (C=O) groups is 1. The summed E-state index contributed by atoms with van der Waals surface area (Å²) in [5.74, 6) is -0.0157. The first-order valence-corrected chi connectivity index (χ1v) is 5.72. The number of nitro benzene ring substituents is 1. The Labute approximate surface area is 109 Å². The molecule has 0 spiro atoms. The van der Waals surface area contributed by atoms with E-state index >= 15 is 0 Å². The first-order valence-electron chi connectivity index (χ1n) is 5.18. The van der Waals surface area contributed by atoms with Crippen LogP contribution in [-0.2, 0) is 0 Å². The number of amides is 1. The number of carbonyl (C=O) groups excluding carboxylic acids is 1. The third-order valence-corrected chi connectivity index (χ3v) is 2.71. The van der Waals surface area contributed by atoms with Crippen molar-refractivity contribution >= 4 is 23.2 Å². The van der Waals surface area contributed by atoms with E-state index in [9.17, 15) is 14.9 Å². The van der Waals surface area contributed by atoms with Gasteiger partial charge in [-0.25, -0.2) is 0 Å². The number of halogens is 1. The van der Waals surface area contributed by atoms with Gasteiger partial charge in [-0.3, -0.25) is 14.9 Å². The molecule has 0 aromatic heterocycles. The normalized spacial score (nSPS) is 11.7. The third-order valence-electron chi connectivity index (χ3n) is 2.25. The molecule has 0 aliphatic carbocycles. The fourth-order valence-corrected chi connectivity index (χ4v) is 1.39. The van der Waals surface area contributed by atoms with Crippen molar-refractivity contribution in [3.05, 3.63) is 33.9 Å². The van der Waals surface area contributed by atoms with E-state index in [0.29, 0.717) is 0 Å². The van der Waals surface area contributed by atoms with Crippen LogP contribution in [0.4, 0.5) is 5.69 Å². The highest BCUT2D eigenvalue weighted by molar-refractivity contribution is 6.18. The maximum Gasteiger partial charge on any atom is 0.310 e. The lowest BCUT2D eigenvalue weighted by Gasteiger charge is -2.11. The number of nitro groups is 1. The SMILES string of the molecule is COc1cc(C(=O)NC(C)CCl)ccc1[N+](=O)[O-]. The van der Waals surface area contributed by atoms with E-state index in [1.54, 1.807) is 6.92 Å². The predicted molar refractivity (Wildman–Crippen MR) is 67.3 cm³/mol. The number of hydrogen-bond donors (Lipinski definition) is 1. The molecule has 0 aliphatic heterocycles. The molecular formula is C11H13ClN2O4. The molecule has 1 aromatic rings. The highest BCUT2D eigenvalue weighted by Crippen LogP contribution is 2.27. The number of ether oxygens (including phenoxy) is 1. The van der Waals surface area contributed by atoms with Gasteiger partial charge in [0.15, 0.2) is 5.75 Å². The molecule has 1 N–H and O–H groups in total. The average Bonchev–Trinajstić information content (AvgIpc) is 2.37. The van der Waals surface area contributed by atoms with Crippen LogP contribution in [0.15, 0.2) is 18.2 Å². The standard InChI is InChI=1S/C11H13ClN2O4/c1-7(6-12)13-11(15)8-3-4-9(14(16)17)10(5-8)18-2/h3-5,7H,6H2,1-2H3,(H,13,15). The van der Waals surface area contributed by atoms with E-state index in [2.05, 4.69) is 5.32 Å².